The van der Waals surface area contributed by atoms with E-state index in [1.165, 1.54) is 44.1 Å². The number of methoxy groups -OCH3 is 1. The maximum absolute atomic E-state index is 9.82. The summed E-state index contributed by atoms with van der Waals surface area (Å²) in [6.07, 6.45) is 10.1. The summed E-state index contributed by atoms with van der Waals surface area (Å²) in [5.74, 6) is 3.58. The zero-order valence-corrected chi connectivity index (χ0v) is 19.1. The van der Waals surface area contributed by atoms with Gasteiger partial charge >= 0.3 is 0 Å². The maximum atomic E-state index is 9.82. The van der Waals surface area contributed by atoms with Crippen LogP contribution in [0.5, 0.6) is 11.5 Å². The van der Waals surface area contributed by atoms with Gasteiger partial charge in [0.2, 0.25) is 0 Å². The van der Waals surface area contributed by atoms with Crippen molar-refractivity contribution in [2.24, 2.45) is 23.5 Å². The average Bonchev–Trinajstić information content (AvgIpc) is 2.67. The molecule has 166 valence electrons. The van der Waals surface area contributed by atoms with Crippen molar-refractivity contribution >= 4 is 0 Å². The van der Waals surface area contributed by atoms with E-state index in [-0.39, 0.29) is 6.61 Å². The van der Waals surface area contributed by atoms with Gasteiger partial charge in [0.1, 0.15) is 0 Å². The number of aliphatic hydroxyl groups is 1. The van der Waals surface area contributed by atoms with Crippen LogP contribution in [0.3, 0.4) is 0 Å². The largest absolute Gasteiger partial charge is 0.493 e. The molecule has 0 bridgehead atoms. The Balaban J connectivity index is 1.85. The third-order valence-corrected chi connectivity index (χ3v) is 6.38. The first-order chi connectivity index (χ1) is 13.8. The lowest BCUT2D eigenvalue weighted by Crippen LogP contribution is -2.46. The minimum absolute atomic E-state index is 0.0521. The van der Waals surface area contributed by atoms with Gasteiger partial charge in [-0.15, -0.1) is 0 Å². The standard InChI is InChI=1S/C25H43NO3/c1-19(2)7-5-8-20(3)17-29-23-12-11-21(15-24(23)28-4)13-14-25(26,18-27)16-22-9-6-10-22/h11-12,15,19-20,22,27H,5-10,13-14,16-18,26H2,1-4H3/t20?,25-/m0/s1. The monoisotopic (exact) mass is 405 g/mol. The minimum Gasteiger partial charge on any atom is -0.493 e. The zero-order chi connectivity index (χ0) is 21.3. The summed E-state index contributed by atoms with van der Waals surface area (Å²) in [4.78, 5) is 0. The summed E-state index contributed by atoms with van der Waals surface area (Å²) >= 11 is 0. The predicted octanol–water partition coefficient (Wildman–Crippen LogP) is 5.35. The molecule has 1 aliphatic rings. The Hall–Kier alpha value is -1.26. The van der Waals surface area contributed by atoms with Crippen LogP contribution in [0.1, 0.15) is 77.7 Å². The van der Waals surface area contributed by atoms with E-state index in [2.05, 4.69) is 32.9 Å². The lowest BCUT2D eigenvalue weighted by molar-refractivity contribution is 0.135. The van der Waals surface area contributed by atoms with Gasteiger partial charge in [0.25, 0.3) is 0 Å². The molecule has 4 nitrogen and oxygen atoms in total. The Kier molecular flexibility index (Phi) is 9.78. The molecule has 2 rings (SSSR count). The molecule has 1 aromatic rings. The van der Waals surface area contributed by atoms with E-state index in [1.54, 1.807) is 7.11 Å². The van der Waals surface area contributed by atoms with Gasteiger partial charge in [-0.25, -0.2) is 0 Å². The second-order valence-corrected chi connectivity index (χ2v) is 9.75. The molecular weight excluding hydrogens is 362 g/mol. The molecule has 29 heavy (non-hydrogen) atoms. The third kappa shape index (κ3) is 8.18. The van der Waals surface area contributed by atoms with Crippen molar-refractivity contribution < 1.29 is 14.6 Å². The molecule has 2 atom stereocenters. The van der Waals surface area contributed by atoms with Crippen molar-refractivity contribution in [3.63, 3.8) is 0 Å². The van der Waals surface area contributed by atoms with Crippen molar-refractivity contribution in [2.45, 2.75) is 84.1 Å². The van der Waals surface area contributed by atoms with E-state index >= 15 is 0 Å². The molecule has 0 amide bonds. The van der Waals surface area contributed by atoms with Crippen LogP contribution in [0, 0.1) is 17.8 Å². The third-order valence-electron chi connectivity index (χ3n) is 6.38. The minimum atomic E-state index is -0.473. The van der Waals surface area contributed by atoms with Crippen LogP contribution < -0.4 is 15.2 Å². The Bertz CT molecular complexity index is 600. The quantitative estimate of drug-likeness (QED) is 0.438. The highest BCUT2D eigenvalue weighted by molar-refractivity contribution is 5.43. The van der Waals surface area contributed by atoms with Crippen molar-refractivity contribution in [3.8, 4) is 11.5 Å². The highest BCUT2D eigenvalue weighted by Crippen LogP contribution is 2.35. The van der Waals surface area contributed by atoms with Crippen LogP contribution in [0.2, 0.25) is 0 Å². The lowest BCUT2D eigenvalue weighted by Gasteiger charge is -2.35. The number of aliphatic hydroxyl groups excluding tert-OH is 1. The number of aryl methyl sites for hydroxylation is 1. The summed E-state index contributed by atoms with van der Waals surface area (Å²) in [6.45, 7) is 7.56. The molecule has 3 N–H and O–H groups in total. The molecule has 0 radical (unpaired) electrons. The molecule has 0 aliphatic heterocycles. The van der Waals surface area contributed by atoms with Crippen LogP contribution in [0.4, 0.5) is 0 Å². The van der Waals surface area contributed by atoms with Crippen molar-refractivity contribution in [1.29, 1.82) is 0 Å². The highest BCUT2D eigenvalue weighted by Gasteiger charge is 2.30. The highest BCUT2D eigenvalue weighted by atomic mass is 16.5. The predicted molar refractivity (Wildman–Crippen MR) is 121 cm³/mol. The van der Waals surface area contributed by atoms with E-state index in [1.807, 2.05) is 6.07 Å². The zero-order valence-electron chi connectivity index (χ0n) is 19.1. The Labute approximate surface area is 178 Å². The second kappa shape index (κ2) is 11.8. The molecule has 4 heteroatoms. The van der Waals surface area contributed by atoms with Crippen molar-refractivity contribution in [3.05, 3.63) is 23.8 Å². The summed E-state index contributed by atoms with van der Waals surface area (Å²) in [5.41, 5.74) is 7.19. The molecule has 0 spiro atoms. The fourth-order valence-electron chi connectivity index (χ4n) is 4.09. The molecular formula is C25H43NO3. The van der Waals surface area contributed by atoms with Crippen LogP contribution in [-0.4, -0.2) is 31.0 Å². The van der Waals surface area contributed by atoms with E-state index in [0.717, 1.165) is 36.7 Å². The molecule has 0 aromatic heterocycles. The Morgan fingerprint density at radius 2 is 1.93 bits per heavy atom. The van der Waals surface area contributed by atoms with Crippen LogP contribution in [-0.2, 0) is 6.42 Å². The summed E-state index contributed by atoms with van der Waals surface area (Å²) < 4.78 is 11.6. The van der Waals surface area contributed by atoms with Gasteiger partial charge < -0.3 is 20.3 Å². The molecule has 0 heterocycles. The molecule has 1 aromatic carbocycles. The summed E-state index contributed by atoms with van der Waals surface area (Å²) in [5, 5.41) is 9.82. The fraction of sp³-hybridized carbons (Fsp3) is 0.760. The smallest absolute Gasteiger partial charge is 0.161 e. The Morgan fingerprint density at radius 1 is 1.17 bits per heavy atom. The maximum Gasteiger partial charge on any atom is 0.161 e. The van der Waals surface area contributed by atoms with Gasteiger partial charge in [-0.05, 0) is 61.1 Å². The first-order valence-electron chi connectivity index (χ1n) is 11.5. The van der Waals surface area contributed by atoms with E-state index < -0.39 is 5.54 Å². The van der Waals surface area contributed by atoms with E-state index in [4.69, 9.17) is 15.2 Å². The van der Waals surface area contributed by atoms with Gasteiger partial charge in [-0.2, -0.15) is 0 Å². The van der Waals surface area contributed by atoms with E-state index in [9.17, 15) is 5.11 Å². The van der Waals surface area contributed by atoms with Crippen LogP contribution in [0.25, 0.3) is 0 Å². The molecule has 1 saturated carbocycles. The fourth-order valence-corrected chi connectivity index (χ4v) is 4.09. The second-order valence-electron chi connectivity index (χ2n) is 9.75. The number of ether oxygens (including phenoxy) is 2. The number of benzene rings is 1. The van der Waals surface area contributed by atoms with Gasteiger partial charge in [-0.3, -0.25) is 0 Å². The molecule has 1 fully saturated rings. The average molecular weight is 406 g/mol. The van der Waals surface area contributed by atoms with Crippen molar-refractivity contribution in [2.75, 3.05) is 20.3 Å². The van der Waals surface area contributed by atoms with Crippen LogP contribution >= 0.6 is 0 Å². The SMILES string of the molecule is COc1cc(CC[C@@](N)(CO)CC2CCC2)ccc1OCC(C)CCCC(C)C. The summed E-state index contributed by atoms with van der Waals surface area (Å²) in [6, 6.07) is 6.17. The number of hydrogen-bond acceptors (Lipinski definition) is 4. The first-order valence-corrected chi connectivity index (χ1v) is 11.5. The number of nitrogens with two attached hydrogens (primary N) is 1. The normalized spacial score (nSPS) is 17.6. The molecule has 1 unspecified atom stereocenters. The number of hydrogen-bond donors (Lipinski definition) is 2. The molecule has 0 saturated heterocycles. The molecule has 1 aliphatic carbocycles. The van der Waals surface area contributed by atoms with Crippen LogP contribution in [0.15, 0.2) is 18.2 Å². The topological polar surface area (TPSA) is 64.7 Å². The van der Waals surface area contributed by atoms with Gasteiger partial charge in [0.15, 0.2) is 11.5 Å². The number of rotatable bonds is 14. The summed E-state index contributed by atoms with van der Waals surface area (Å²) in [7, 11) is 1.69. The first kappa shape index (κ1) is 24.0. The Morgan fingerprint density at radius 3 is 2.52 bits per heavy atom. The van der Waals surface area contributed by atoms with Gasteiger partial charge in [0, 0.05) is 5.54 Å². The van der Waals surface area contributed by atoms with Gasteiger partial charge in [-0.1, -0.05) is 58.9 Å². The lowest BCUT2D eigenvalue weighted by atomic mass is 9.75. The van der Waals surface area contributed by atoms with E-state index in [0.29, 0.717) is 18.4 Å². The van der Waals surface area contributed by atoms with Crippen molar-refractivity contribution in [1.82, 2.24) is 0 Å². The van der Waals surface area contributed by atoms with Gasteiger partial charge in [0.05, 0.1) is 20.3 Å².